The Kier molecular flexibility index (Phi) is 5.91. The summed E-state index contributed by atoms with van der Waals surface area (Å²) in [5.41, 5.74) is 1.83. The highest BCUT2D eigenvalue weighted by Gasteiger charge is 2.35. The molecule has 3 N–H and O–H groups in total. The van der Waals surface area contributed by atoms with Crippen molar-refractivity contribution >= 4 is 29.1 Å². The van der Waals surface area contributed by atoms with Gasteiger partial charge in [-0.1, -0.05) is 23.7 Å². The van der Waals surface area contributed by atoms with Gasteiger partial charge >= 0.3 is 11.8 Å². The Balaban J connectivity index is 1.65. The number of ether oxygens (including phenoxy) is 1. The fourth-order valence-electron chi connectivity index (χ4n) is 3.41. The second-order valence-corrected chi connectivity index (χ2v) is 7.42. The van der Waals surface area contributed by atoms with Crippen LogP contribution in [0.15, 0.2) is 36.4 Å². The molecule has 0 aromatic heterocycles. The summed E-state index contributed by atoms with van der Waals surface area (Å²) in [4.78, 5) is 24.4. The first-order valence-corrected chi connectivity index (χ1v) is 9.45. The lowest BCUT2D eigenvalue weighted by Crippen LogP contribution is -2.46. The molecule has 3 rings (SSSR count). The van der Waals surface area contributed by atoms with Gasteiger partial charge in [0.15, 0.2) is 0 Å². The number of halogens is 1. The van der Waals surface area contributed by atoms with Crippen molar-refractivity contribution in [1.82, 2.24) is 5.32 Å². The summed E-state index contributed by atoms with van der Waals surface area (Å²) >= 11 is 6.03. The van der Waals surface area contributed by atoms with Crippen molar-refractivity contribution in [2.24, 2.45) is 0 Å². The van der Waals surface area contributed by atoms with Gasteiger partial charge in [0, 0.05) is 10.7 Å². The molecule has 7 heteroatoms. The van der Waals surface area contributed by atoms with Crippen molar-refractivity contribution in [3.05, 3.63) is 58.1 Å². The Morgan fingerprint density at radius 1 is 1.21 bits per heavy atom. The Bertz CT molecular complexity index is 915. The van der Waals surface area contributed by atoms with Crippen LogP contribution in [0.2, 0.25) is 5.02 Å². The summed E-state index contributed by atoms with van der Waals surface area (Å²) in [5, 5.41) is 16.6. The highest BCUT2D eigenvalue weighted by Crippen LogP contribution is 2.36. The molecule has 0 saturated heterocycles. The number of hydrogen-bond acceptors (Lipinski definition) is 4. The largest absolute Gasteiger partial charge is 0.497 e. The number of anilines is 1. The van der Waals surface area contributed by atoms with E-state index in [4.69, 9.17) is 16.3 Å². The molecule has 0 aliphatic heterocycles. The first-order valence-electron chi connectivity index (χ1n) is 9.07. The normalized spacial score (nSPS) is 18.1. The molecule has 0 saturated carbocycles. The molecule has 0 spiro atoms. The summed E-state index contributed by atoms with van der Waals surface area (Å²) in [6, 6.07) is 10.5. The number of carbonyl (C=O) groups is 2. The van der Waals surface area contributed by atoms with E-state index in [0.717, 1.165) is 35.3 Å². The Hall–Kier alpha value is -2.57. The molecule has 2 aromatic carbocycles. The van der Waals surface area contributed by atoms with Crippen LogP contribution in [0.5, 0.6) is 5.75 Å². The number of methoxy groups -OCH3 is 1. The molecule has 2 amide bonds. The molecule has 6 nitrogen and oxygen atoms in total. The van der Waals surface area contributed by atoms with E-state index in [1.807, 2.05) is 19.1 Å². The fraction of sp³-hybridized carbons (Fsp3) is 0.333. The standard InChI is InChI=1S/C21H23ClN2O4/c1-13-5-6-15(11-18(13)22)24-20(26)19(25)23-12-21(27)9-3-4-14-10-16(28-2)7-8-17(14)21/h5-8,10-11,27H,3-4,9,12H2,1-2H3,(H,23,25)(H,24,26). The molecule has 2 aromatic rings. The number of amides is 2. The average molecular weight is 403 g/mol. The molecule has 0 bridgehead atoms. The molecule has 1 aliphatic carbocycles. The van der Waals surface area contributed by atoms with Gasteiger partial charge in [-0.3, -0.25) is 9.59 Å². The zero-order valence-corrected chi connectivity index (χ0v) is 16.6. The van der Waals surface area contributed by atoms with Crippen molar-refractivity contribution in [3.63, 3.8) is 0 Å². The van der Waals surface area contributed by atoms with Gasteiger partial charge in [0.25, 0.3) is 0 Å². The van der Waals surface area contributed by atoms with E-state index in [1.165, 1.54) is 0 Å². The third-order valence-corrected chi connectivity index (χ3v) is 5.43. The lowest BCUT2D eigenvalue weighted by Gasteiger charge is -2.34. The summed E-state index contributed by atoms with van der Waals surface area (Å²) in [5.74, 6) is -0.900. The topological polar surface area (TPSA) is 87.7 Å². The third kappa shape index (κ3) is 4.29. The number of carbonyl (C=O) groups excluding carboxylic acids is 2. The summed E-state index contributed by atoms with van der Waals surface area (Å²) in [6.07, 6.45) is 2.11. The number of nitrogens with one attached hydrogen (secondary N) is 2. The summed E-state index contributed by atoms with van der Waals surface area (Å²) < 4.78 is 5.24. The van der Waals surface area contributed by atoms with Gasteiger partial charge in [0.2, 0.25) is 0 Å². The van der Waals surface area contributed by atoms with E-state index in [1.54, 1.807) is 31.4 Å². The van der Waals surface area contributed by atoms with Crippen LogP contribution in [0.4, 0.5) is 5.69 Å². The number of benzene rings is 2. The number of aryl methyl sites for hydroxylation is 2. The molecule has 0 fully saturated rings. The second-order valence-electron chi connectivity index (χ2n) is 7.01. The van der Waals surface area contributed by atoms with Crippen molar-refractivity contribution < 1.29 is 19.4 Å². The number of fused-ring (bicyclic) bond motifs is 1. The average Bonchev–Trinajstić information content (AvgIpc) is 2.68. The number of aliphatic hydroxyl groups is 1. The van der Waals surface area contributed by atoms with Gasteiger partial charge in [0.05, 0.1) is 13.7 Å². The quantitative estimate of drug-likeness (QED) is 0.686. The zero-order chi connectivity index (χ0) is 20.3. The van der Waals surface area contributed by atoms with Crippen LogP contribution in [0.3, 0.4) is 0 Å². The molecule has 1 atom stereocenters. The van der Waals surface area contributed by atoms with Gasteiger partial charge in [-0.05, 0) is 67.1 Å². The molecule has 28 heavy (non-hydrogen) atoms. The van der Waals surface area contributed by atoms with Gasteiger partial charge in [-0.2, -0.15) is 0 Å². The van der Waals surface area contributed by atoms with E-state index in [0.29, 0.717) is 17.1 Å². The lowest BCUT2D eigenvalue weighted by atomic mass is 9.79. The summed E-state index contributed by atoms with van der Waals surface area (Å²) in [6.45, 7) is 1.80. The molecular formula is C21H23ClN2O4. The Morgan fingerprint density at radius 2 is 2.00 bits per heavy atom. The fourth-order valence-corrected chi connectivity index (χ4v) is 3.59. The van der Waals surface area contributed by atoms with Crippen LogP contribution in [0.1, 0.15) is 29.5 Å². The predicted octanol–water partition coefficient (Wildman–Crippen LogP) is 2.94. The zero-order valence-electron chi connectivity index (χ0n) is 15.8. The highest BCUT2D eigenvalue weighted by atomic mass is 35.5. The molecule has 0 heterocycles. The van der Waals surface area contributed by atoms with Gasteiger partial charge in [-0.25, -0.2) is 0 Å². The van der Waals surface area contributed by atoms with Crippen LogP contribution in [0, 0.1) is 6.92 Å². The Morgan fingerprint density at radius 3 is 2.71 bits per heavy atom. The minimum Gasteiger partial charge on any atom is -0.497 e. The predicted molar refractivity (Wildman–Crippen MR) is 108 cm³/mol. The third-order valence-electron chi connectivity index (χ3n) is 5.03. The van der Waals surface area contributed by atoms with E-state index >= 15 is 0 Å². The maximum Gasteiger partial charge on any atom is 0.313 e. The van der Waals surface area contributed by atoms with Crippen molar-refractivity contribution in [3.8, 4) is 5.75 Å². The van der Waals surface area contributed by atoms with Crippen LogP contribution in [-0.2, 0) is 21.6 Å². The van der Waals surface area contributed by atoms with Gasteiger partial charge in [0.1, 0.15) is 11.4 Å². The minimum absolute atomic E-state index is 0.0484. The minimum atomic E-state index is -1.22. The molecule has 1 aliphatic rings. The van der Waals surface area contributed by atoms with Crippen molar-refractivity contribution in [1.29, 1.82) is 0 Å². The molecule has 148 valence electrons. The van der Waals surface area contributed by atoms with E-state index in [9.17, 15) is 14.7 Å². The first-order chi connectivity index (χ1) is 13.3. The van der Waals surface area contributed by atoms with E-state index < -0.39 is 17.4 Å². The van der Waals surface area contributed by atoms with Crippen molar-refractivity contribution in [2.45, 2.75) is 31.8 Å². The van der Waals surface area contributed by atoms with Gasteiger partial charge < -0.3 is 20.5 Å². The highest BCUT2D eigenvalue weighted by molar-refractivity contribution is 6.39. The maximum absolute atomic E-state index is 12.2. The lowest BCUT2D eigenvalue weighted by molar-refractivity contribution is -0.137. The Labute approximate surface area is 168 Å². The van der Waals surface area contributed by atoms with Gasteiger partial charge in [-0.15, -0.1) is 0 Å². The van der Waals surface area contributed by atoms with Crippen LogP contribution in [-0.4, -0.2) is 30.6 Å². The van der Waals surface area contributed by atoms with Crippen molar-refractivity contribution in [2.75, 3.05) is 19.0 Å². The SMILES string of the molecule is COc1ccc2c(c1)CCCC2(O)CNC(=O)C(=O)Nc1ccc(C)c(Cl)c1. The first kappa shape index (κ1) is 20.2. The monoisotopic (exact) mass is 402 g/mol. The molecule has 1 unspecified atom stereocenters. The van der Waals surface area contributed by atoms with Crippen LogP contribution >= 0.6 is 11.6 Å². The summed E-state index contributed by atoms with van der Waals surface area (Å²) in [7, 11) is 1.59. The van der Waals surface area contributed by atoms with E-state index in [2.05, 4.69) is 10.6 Å². The number of hydrogen-bond donors (Lipinski definition) is 3. The van der Waals surface area contributed by atoms with E-state index in [-0.39, 0.29) is 6.54 Å². The molecule has 0 radical (unpaired) electrons. The van der Waals surface area contributed by atoms with Crippen LogP contribution < -0.4 is 15.4 Å². The second kappa shape index (κ2) is 8.20. The van der Waals surface area contributed by atoms with Crippen LogP contribution in [0.25, 0.3) is 0 Å². The molecular weight excluding hydrogens is 380 g/mol. The smallest absolute Gasteiger partial charge is 0.313 e. The maximum atomic E-state index is 12.2. The number of rotatable bonds is 4.